The molecule has 0 radical (unpaired) electrons. The van der Waals surface area contributed by atoms with E-state index >= 15 is 0 Å². The van der Waals surface area contributed by atoms with Crippen molar-refractivity contribution in [1.82, 2.24) is 19.9 Å². The van der Waals surface area contributed by atoms with Crippen molar-refractivity contribution in [1.29, 1.82) is 0 Å². The molecule has 0 bridgehead atoms. The number of nitrogens with zero attached hydrogens (tertiary/aromatic N) is 5. The summed E-state index contributed by atoms with van der Waals surface area (Å²) in [4.78, 5) is 43.5. The van der Waals surface area contributed by atoms with E-state index in [1.165, 1.54) is 20.5 Å². The van der Waals surface area contributed by atoms with Crippen molar-refractivity contribution in [3.8, 4) is 5.75 Å². The van der Waals surface area contributed by atoms with Crippen molar-refractivity contribution < 1.29 is 23.8 Å². The van der Waals surface area contributed by atoms with Crippen LogP contribution in [0.15, 0.2) is 30.7 Å². The molecule has 1 aliphatic rings. The van der Waals surface area contributed by atoms with Crippen LogP contribution in [-0.4, -0.2) is 72.3 Å². The van der Waals surface area contributed by atoms with Gasteiger partial charge in [0, 0.05) is 43.6 Å². The lowest BCUT2D eigenvalue weighted by Gasteiger charge is -2.27. The molecule has 3 aromatic rings. The number of aromatic nitrogens is 4. The normalized spacial score (nSPS) is 13.4. The quantitative estimate of drug-likeness (QED) is 0.435. The summed E-state index contributed by atoms with van der Waals surface area (Å²) in [5.41, 5.74) is 1.08. The number of morpholine rings is 1. The van der Waals surface area contributed by atoms with Crippen LogP contribution in [0.5, 0.6) is 5.75 Å². The highest BCUT2D eigenvalue weighted by molar-refractivity contribution is 5.99. The van der Waals surface area contributed by atoms with E-state index in [1.807, 2.05) is 6.07 Å². The van der Waals surface area contributed by atoms with E-state index in [-0.39, 0.29) is 24.7 Å². The molecule has 2 aromatic heterocycles. The number of carbonyl (C=O) groups excluding carboxylic acids is 2. The van der Waals surface area contributed by atoms with Crippen LogP contribution in [0.25, 0.3) is 10.9 Å². The van der Waals surface area contributed by atoms with E-state index in [2.05, 4.69) is 40.2 Å². The van der Waals surface area contributed by atoms with Gasteiger partial charge in [0.15, 0.2) is 0 Å². The van der Waals surface area contributed by atoms with Gasteiger partial charge < -0.3 is 29.7 Å². The molecule has 12 heteroatoms. The third-order valence-corrected chi connectivity index (χ3v) is 5.45. The Hall–Kier alpha value is -4.06. The number of nitrogens with one attached hydrogen (secondary N) is 2. The van der Waals surface area contributed by atoms with Gasteiger partial charge in [-0.1, -0.05) is 0 Å². The molecule has 1 amide bonds. The van der Waals surface area contributed by atoms with Crippen LogP contribution in [0.2, 0.25) is 0 Å². The van der Waals surface area contributed by atoms with E-state index in [0.717, 1.165) is 18.9 Å². The average Bonchev–Trinajstić information content (AvgIpc) is 2.89. The summed E-state index contributed by atoms with van der Waals surface area (Å²) >= 11 is 0. The fraction of sp³-hybridized carbons (Fsp3) is 0.391. The summed E-state index contributed by atoms with van der Waals surface area (Å²) in [5, 5.41) is 6.65. The Balaban J connectivity index is 1.55. The second kappa shape index (κ2) is 11.4. The molecule has 2 N–H and O–H groups in total. The van der Waals surface area contributed by atoms with Gasteiger partial charge in [0.05, 0.1) is 38.6 Å². The highest BCUT2D eigenvalue weighted by Gasteiger charge is 2.16. The molecular weight excluding hydrogens is 454 g/mol. The first-order chi connectivity index (χ1) is 17.1. The number of carbonyl (C=O) groups is 2. The number of amides is 1. The SMILES string of the molecule is COC(=O)CCCC(=O)Nc1cc2c(Nc3nccc(N4CCOCC4)n3)ncnc2cc1OC. The zero-order valence-electron chi connectivity index (χ0n) is 19.6. The molecule has 184 valence electrons. The number of esters is 1. The fourth-order valence-corrected chi connectivity index (χ4v) is 3.64. The number of rotatable bonds is 9. The highest BCUT2D eigenvalue weighted by atomic mass is 16.5. The minimum Gasteiger partial charge on any atom is -0.494 e. The molecule has 3 heterocycles. The Morgan fingerprint density at radius 1 is 1.11 bits per heavy atom. The molecule has 1 aromatic carbocycles. The zero-order valence-corrected chi connectivity index (χ0v) is 19.6. The largest absolute Gasteiger partial charge is 0.494 e. The van der Waals surface area contributed by atoms with Gasteiger partial charge in [-0.3, -0.25) is 9.59 Å². The lowest BCUT2D eigenvalue weighted by Crippen LogP contribution is -2.36. The van der Waals surface area contributed by atoms with Crippen molar-refractivity contribution in [3.63, 3.8) is 0 Å². The van der Waals surface area contributed by atoms with E-state index in [9.17, 15) is 9.59 Å². The molecule has 12 nitrogen and oxygen atoms in total. The molecule has 1 aliphatic heterocycles. The second-order valence-electron chi connectivity index (χ2n) is 7.73. The number of benzene rings is 1. The molecule has 0 spiro atoms. The molecular formula is C23H27N7O5. The standard InChI is InChI=1S/C23H27N7O5/c1-33-18-13-16-15(12-17(18)27-20(31)4-3-5-21(32)34-2)22(26-14-25-16)29-23-24-7-6-19(28-23)30-8-10-35-11-9-30/h6-7,12-14H,3-5,8-11H2,1-2H3,(H,27,31)(H,24,25,26,28,29). The maximum absolute atomic E-state index is 12.5. The molecule has 1 fully saturated rings. The van der Waals surface area contributed by atoms with Crippen LogP contribution < -0.4 is 20.3 Å². The Kier molecular flexibility index (Phi) is 7.83. The molecule has 35 heavy (non-hydrogen) atoms. The topological polar surface area (TPSA) is 141 Å². The van der Waals surface area contributed by atoms with E-state index < -0.39 is 0 Å². The third kappa shape index (κ3) is 6.09. The van der Waals surface area contributed by atoms with Gasteiger partial charge in [-0.25, -0.2) is 15.0 Å². The van der Waals surface area contributed by atoms with Gasteiger partial charge in [-0.2, -0.15) is 4.98 Å². The molecule has 0 saturated carbocycles. The van der Waals surface area contributed by atoms with Crippen molar-refractivity contribution in [2.45, 2.75) is 19.3 Å². The second-order valence-corrected chi connectivity index (χ2v) is 7.73. The summed E-state index contributed by atoms with van der Waals surface area (Å²) in [5.74, 6) is 1.52. The third-order valence-electron chi connectivity index (χ3n) is 5.45. The predicted molar refractivity (Wildman–Crippen MR) is 129 cm³/mol. The predicted octanol–water partition coefficient (Wildman–Crippen LogP) is 2.29. The van der Waals surface area contributed by atoms with Gasteiger partial charge in [-0.15, -0.1) is 0 Å². The molecule has 1 saturated heterocycles. The van der Waals surface area contributed by atoms with Gasteiger partial charge in [-0.05, 0) is 18.6 Å². The summed E-state index contributed by atoms with van der Waals surface area (Å²) in [7, 11) is 2.83. The first-order valence-corrected chi connectivity index (χ1v) is 11.2. The first kappa shape index (κ1) is 24.1. The van der Waals surface area contributed by atoms with E-state index in [0.29, 0.717) is 53.7 Å². The van der Waals surface area contributed by atoms with Crippen LogP contribution in [0.1, 0.15) is 19.3 Å². The zero-order chi connectivity index (χ0) is 24.6. The number of hydrogen-bond donors (Lipinski definition) is 2. The average molecular weight is 482 g/mol. The number of ether oxygens (including phenoxy) is 3. The van der Waals surface area contributed by atoms with Crippen molar-refractivity contribution in [3.05, 3.63) is 30.7 Å². The Morgan fingerprint density at radius 3 is 2.71 bits per heavy atom. The summed E-state index contributed by atoms with van der Waals surface area (Å²) in [6, 6.07) is 5.31. The van der Waals surface area contributed by atoms with Gasteiger partial charge >= 0.3 is 5.97 Å². The maximum Gasteiger partial charge on any atom is 0.305 e. The number of fused-ring (bicyclic) bond motifs is 1. The van der Waals surface area contributed by atoms with Crippen molar-refractivity contribution in [2.24, 2.45) is 0 Å². The summed E-state index contributed by atoms with van der Waals surface area (Å²) in [6.07, 6.45) is 3.83. The lowest BCUT2D eigenvalue weighted by atomic mass is 10.1. The van der Waals surface area contributed by atoms with E-state index in [1.54, 1.807) is 18.3 Å². The Morgan fingerprint density at radius 2 is 1.94 bits per heavy atom. The smallest absolute Gasteiger partial charge is 0.305 e. The molecule has 0 atom stereocenters. The minimum absolute atomic E-state index is 0.162. The van der Waals surface area contributed by atoms with Crippen LogP contribution in [0.4, 0.5) is 23.3 Å². The number of methoxy groups -OCH3 is 2. The molecule has 0 aliphatic carbocycles. The van der Waals surface area contributed by atoms with Gasteiger partial charge in [0.1, 0.15) is 23.7 Å². The minimum atomic E-state index is -0.353. The van der Waals surface area contributed by atoms with Crippen molar-refractivity contribution >= 4 is 46.1 Å². The number of anilines is 4. The Labute approximate surface area is 202 Å². The monoisotopic (exact) mass is 481 g/mol. The molecule has 0 unspecified atom stereocenters. The maximum atomic E-state index is 12.5. The van der Waals surface area contributed by atoms with Gasteiger partial charge in [0.25, 0.3) is 0 Å². The first-order valence-electron chi connectivity index (χ1n) is 11.2. The lowest BCUT2D eigenvalue weighted by molar-refractivity contribution is -0.140. The number of hydrogen-bond acceptors (Lipinski definition) is 11. The van der Waals surface area contributed by atoms with Gasteiger partial charge in [0.2, 0.25) is 11.9 Å². The fourth-order valence-electron chi connectivity index (χ4n) is 3.64. The molecule has 4 rings (SSSR count). The Bertz CT molecular complexity index is 1200. The van der Waals surface area contributed by atoms with Crippen LogP contribution in [0, 0.1) is 0 Å². The summed E-state index contributed by atoms with van der Waals surface area (Å²) in [6.45, 7) is 2.83. The van der Waals surface area contributed by atoms with Crippen LogP contribution in [0.3, 0.4) is 0 Å². The van der Waals surface area contributed by atoms with Crippen LogP contribution >= 0.6 is 0 Å². The highest BCUT2D eigenvalue weighted by Crippen LogP contribution is 2.33. The summed E-state index contributed by atoms with van der Waals surface area (Å²) < 4.78 is 15.5. The van der Waals surface area contributed by atoms with Crippen LogP contribution in [-0.2, 0) is 19.1 Å². The van der Waals surface area contributed by atoms with Crippen molar-refractivity contribution in [2.75, 3.05) is 56.1 Å². The van der Waals surface area contributed by atoms with E-state index in [4.69, 9.17) is 9.47 Å².